The minimum Gasteiger partial charge on any atom is -0.494 e. The van der Waals surface area contributed by atoms with Crippen LogP contribution >= 0.6 is 0 Å². The molecule has 67 heavy (non-hydrogen) atoms. The van der Waals surface area contributed by atoms with Gasteiger partial charge in [0, 0.05) is 79.8 Å². The van der Waals surface area contributed by atoms with Crippen molar-refractivity contribution in [2.75, 3.05) is 63.3 Å². The zero-order chi connectivity index (χ0) is 46.4. The second-order valence-corrected chi connectivity index (χ2v) is 17.2. The molecule has 3 aliphatic rings. The smallest absolute Gasteiger partial charge is 0.255 e. The fourth-order valence-corrected chi connectivity index (χ4v) is 8.72. The van der Waals surface area contributed by atoms with Crippen LogP contribution in [0.25, 0.3) is 11.4 Å². The number of fused-ring (bicyclic) bond motifs is 1. The van der Waals surface area contributed by atoms with Gasteiger partial charge in [-0.2, -0.15) is 5.10 Å². The van der Waals surface area contributed by atoms with Gasteiger partial charge in [0.25, 0.3) is 11.8 Å². The lowest BCUT2D eigenvalue weighted by atomic mass is 9.87. The van der Waals surface area contributed by atoms with Gasteiger partial charge in [0.1, 0.15) is 11.8 Å². The molecule has 1 unspecified atom stereocenters. The normalized spacial score (nSPS) is 17.1. The second-order valence-electron chi connectivity index (χ2n) is 17.2. The van der Waals surface area contributed by atoms with E-state index in [1.807, 2.05) is 79.7 Å². The van der Waals surface area contributed by atoms with E-state index in [1.54, 1.807) is 23.4 Å². The molecule has 17 heteroatoms. The molecule has 8 rings (SSSR count). The van der Waals surface area contributed by atoms with Gasteiger partial charge in [-0.3, -0.25) is 34.6 Å². The van der Waals surface area contributed by atoms with Crippen molar-refractivity contribution in [3.63, 3.8) is 0 Å². The number of H-pyrrole nitrogens is 1. The molecule has 0 spiro atoms. The van der Waals surface area contributed by atoms with Gasteiger partial charge in [0.2, 0.25) is 11.8 Å². The van der Waals surface area contributed by atoms with Crippen LogP contribution in [0.2, 0.25) is 0 Å². The molecular weight excluding hydrogens is 853 g/mol. The number of hydrogen-bond donors (Lipinski definition) is 6. The Morgan fingerprint density at radius 2 is 1.66 bits per heavy atom. The van der Waals surface area contributed by atoms with Gasteiger partial charge in [-0.15, -0.1) is 0 Å². The summed E-state index contributed by atoms with van der Waals surface area (Å²) in [5.74, 6) is 1.10. The molecule has 0 saturated carbocycles. The van der Waals surface area contributed by atoms with E-state index in [0.29, 0.717) is 69.5 Å². The Bertz CT molecular complexity index is 2480. The molecule has 4 amide bonds. The molecule has 5 aromatic rings. The SMILES string of the molecule is C[C@@H](NC(=O)c1cccc(NC2(c3nc(-c4ccncc4)n[nH]3)CCNCC2)c1)c1cccc(OCCCCCOCCCOCCNc2ccc3c(c2)CN(C2CCC(=O)NC2=O)C3=O)c1. The van der Waals surface area contributed by atoms with E-state index in [-0.39, 0.29) is 30.2 Å². The molecule has 0 bridgehead atoms. The first kappa shape index (κ1) is 46.8. The fourth-order valence-electron chi connectivity index (χ4n) is 8.72. The number of carbonyl (C=O) groups excluding carboxylic acids is 4. The highest BCUT2D eigenvalue weighted by Crippen LogP contribution is 2.34. The van der Waals surface area contributed by atoms with E-state index in [1.165, 1.54) is 0 Å². The molecule has 6 N–H and O–H groups in total. The van der Waals surface area contributed by atoms with Gasteiger partial charge in [0.05, 0.1) is 24.8 Å². The van der Waals surface area contributed by atoms with E-state index in [0.717, 1.165) is 91.3 Å². The number of aromatic amines is 1. The van der Waals surface area contributed by atoms with Crippen molar-refractivity contribution in [3.8, 4) is 17.1 Å². The van der Waals surface area contributed by atoms with Gasteiger partial charge < -0.3 is 40.4 Å². The third-order valence-electron chi connectivity index (χ3n) is 12.4. The molecule has 2 saturated heterocycles. The van der Waals surface area contributed by atoms with Crippen molar-refractivity contribution in [1.29, 1.82) is 0 Å². The molecule has 3 aromatic carbocycles. The summed E-state index contributed by atoms with van der Waals surface area (Å²) in [7, 11) is 0. The van der Waals surface area contributed by atoms with Crippen molar-refractivity contribution < 1.29 is 33.4 Å². The minimum absolute atomic E-state index is 0.166. The average Bonchev–Trinajstić information content (AvgIpc) is 3.98. The highest BCUT2D eigenvalue weighted by atomic mass is 16.5. The predicted molar refractivity (Wildman–Crippen MR) is 252 cm³/mol. The number of piperidine rings is 2. The van der Waals surface area contributed by atoms with E-state index in [2.05, 4.69) is 41.8 Å². The molecular formula is C50H60N10O7. The monoisotopic (exact) mass is 912 g/mol. The molecule has 2 atom stereocenters. The predicted octanol–water partition coefficient (Wildman–Crippen LogP) is 5.89. The number of amides is 4. The van der Waals surface area contributed by atoms with Crippen LogP contribution in [0, 0.1) is 0 Å². The molecule has 0 aliphatic carbocycles. The van der Waals surface area contributed by atoms with Crippen LogP contribution in [0.4, 0.5) is 11.4 Å². The molecule has 352 valence electrons. The van der Waals surface area contributed by atoms with Crippen LogP contribution in [0.15, 0.2) is 91.3 Å². The Morgan fingerprint density at radius 1 is 0.866 bits per heavy atom. The van der Waals surface area contributed by atoms with Crippen molar-refractivity contribution >= 4 is 35.0 Å². The molecule has 0 radical (unpaired) electrons. The number of nitrogens with one attached hydrogen (secondary N) is 6. The Balaban J connectivity index is 0.680. The third kappa shape index (κ3) is 12.2. The van der Waals surface area contributed by atoms with Gasteiger partial charge in [-0.1, -0.05) is 18.2 Å². The Kier molecular flexibility index (Phi) is 15.8. The maximum Gasteiger partial charge on any atom is 0.255 e. The zero-order valence-corrected chi connectivity index (χ0v) is 38.0. The average molecular weight is 913 g/mol. The van der Waals surface area contributed by atoms with E-state index in [9.17, 15) is 19.2 Å². The summed E-state index contributed by atoms with van der Waals surface area (Å²) in [5.41, 5.74) is 5.09. The summed E-state index contributed by atoms with van der Waals surface area (Å²) in [6.07, 6.45) is 9.25. The lowest BCUT2D eigenvalue weighted by molar-refractivity contribution is -0.136. The third-order valence-corrected chi connectivity index (χ3v) is 12.4. The number of carbonyl (C=O) groups is 4. The minimum atomic E-state index is -0.622. The van der Waals surface area contributed by atoms with Gasteiger partial charge in [0.15, 0.2) is 11.6 Å². The topological polar surface area (TPSA) is 214 Å². The fraction of sp³-hybridized carbons (Fsp3) is 0.420. The summed E-state index contributed by atoms with van der Waals surface area (Å²) < 4.78 is 17.7. The van der Waals surface area contributed by atoms with Gasteiger partial charge in [-0.05, 0) is 137 Å². The van der Waals surface area contributed by atoms with Crippen molar-refractivity contribution in [1.82, 2.24) is 41.0 Å². The van der Waals surface area contributed by atoms with Gasteiger partial charge in [-0.25, -0.2) is 4.98 Å². The van der Waals surface area contributed by atoms with Crippen LogP contribution in [-0.2, 0) is 31.1 Å². The number of pyridine rings is 1. The number of hydrogen-bond acceptors (Lipinski definition) is 13. The molecule has 17 nitrogen and oxygen atoms in total. The molecule has 2 aromatic heterocycles. The van der Waals surface area contributed by atoms with E-state index < -0.39 is 17.5 Å². The van der Waals surface area contributed by atoms with Gasteiger partial charge >= 0.3 is 0 Å². The summed E-state index contributed by atoms with van der Waals surface area (Å²) in [6.45, 7) is 7.60. The highest BCUT2D eigenvalue weighted by Gasteiger charge is 2.40. The molecule has 5 heterocycles. The first-order chi connectivity index (χ1) is 32.7. The Hall–Kier alpha value is -6.69. The van der Waals surface area contributed by atoms with Crippen molar-refractivity contribution in [2.24, 2.45) is 0 Å². The lowest BCUT2D eigenvalue weighted by Crippen LogP contribution is -2.52. The quantitative estimate of drug-likeness (QED) is 0.0334. The largest absolute Gasteiger partial charge is 0.494 e. The number of anilines is 2. The number of benzene rings is 3. The summed E-state index contributed by atoms with van der Waals surface area (Å²) in [4.78, 5) is 60.9. The van der Waals surface area contributed by atoms with E-state index >= 15 is 0 Å². The maximum absolute atomic E-state index is 13.6. The van der Waals surface area contributed by atoms with E-state index in [4.69, 9.17) is 19.2 Å². The number of rotatable bonds is 23. The lowest BCUT2D eigenvalue weighted by Gasteiger charge is -2.37. The number of aromatic nitrogens is 4. The van der Waals surface area contributed by atoms with Crippen molar-refractivity contribution in [2.45, 2.75) is 82.5 Å². The highest BCUT2D eigenvalue weighted by molar-refractivity contribution is 6.05. The summed E-state index contributed by atoms with van der Waals surface area (Å²) in [5, 5.41) is 23.7. The van der Waals surface area contributed by atoms with Crippen LogP contribution in [0.3, 0.4) is 0 Å². The summed E-state index contributed by atoms with van der Waals surface area (Å²) in [6, 6.07) is 24.0. The van der Waals surface area contributed by atoms with Crippen LogP contribution in [-0.4, -0.2) is 107 Å². The standard InChI is InChI=1S/C50H60N10O7/c1-34(54-46(62)37-9-5-10-40(30-37)57-50(18-22-52-23-19-50)49-56-45(58-59-49)35-16-20-51-21-17-35)36-8-6-11-41(32-36)67-28-4-2-3-25-65-26-7-27-66-29-24-53-39-12-13-42-38(31-39)33-60(48(42)64)43-14-15-44(61)55-47(43)63/h5-6,8-13,16-17,20-21,30-32,34,43,52-53,57H,2-4,7,14-15,18-19,22-29,33H2,1H3,(H,54,62)(H,55,61,63)(H,56,58,59)/t34-,43?/m1/s1. The van der Waals surface area contributed by atoms with Crippen molar-refractivity contribution in [3.05, 3.63) is 119 Å². The Labute approximate surface area is 390 Å². The first-order valence-electron chi connectivity index (χ1n) is 23.4. The zero-order valence-electron chi connectivity index (χ0n) is 38.0. The van der Waals surface area contributed by atoms with Crippen LogP contribution < -0.4 is 31.3 Å². The van der Waals surface area contributed by atoms with Crippen LogP contribution in [0.5, 0.6) is 5.75 Å². The number of nitrogens with zero attached hydrogens (tertiary/aromatic N) is 4. The molecule has 2 fully saturated rings. The molecule has 3 aliphatic heterocycles. The van der Waals surface area contributed by atoms with Crippen LogP contribution in [0.1, 0.15) is 102 Å². The first-order valence-corrected chi connectivity index (χ1v) is 23.4. The maximum atomic E-state index is 13.6. The number of ether oxygens (including phenoxy) is 3. The second kappa shape index (κ2) is 22.7. The number of unbranched alkanes of at least 4 members (excludes halogenated alkanes) is 2. The Morgan fingerprint density at radius 3 is 2.49 bits per heavy atom. The number of imide groups is 1. The summed E-state index contributed by atoms with van der Waals surface area (Å²) >= 11 is 0.